The lowest BCUT2D eigenvalue weighted by Crippen LogP contribution is -2.38. The predicted molar refractivity (Wildman–Crippen MR) is 95.4 cm³/mol. The summed E-state index contributed by atoms with van der Waals surface area (Å²) in [5.41, 5.74) is 3.50. The van der Waals surface area contributed by atoms with Crippen molar-refractivity contribution in [2.75, 3.05) is 13.6 Å². The fraction of sp³-hybridized carbons (Fsp3) is 0.333. The van der Waals surface area contributed by atoms with E-state index >= 15 is 0 Å². The van der Waals surface area contributed by atoms with E-state index in [-0.39, 0.29) is 11.2 Å². The van der Waals surface area contributed by atoms with Crippen LogP contribution in [0.3, 0.4) is 0 Å². The van der Waals surface area contributed by atoms with Gasteiger partial charge in [0.15, 0.2) is 0 Å². The Morgan fingerprint density at radius 1 is 1.12 bits per heavy atom. The highest BCUT2D eigenvalue weighted by Crippen LogP contribution is 2.21. The largest absolute Gasteiger partial charge is 0.357 e. The SMILES string of the molecule is Cc1cc(=O)n(CCN(C)Cc2[nH]c3ccccc3c2C)c(=O)[nH]1. The average molecular weight is 326 g/mol. The van der Waals surface area contributed by atoms with Crippen molar-refractivity contribution >= 4 is 10.9 Å². The molecule has 0 aliphatic rings. The normalized spacial score (nSPS) is 11.5. The molecule has 2 aromatic heterocycles. The smallest absolute Gasteiger partial charge is 0.328 e. The molecule has 2 N–H and O–H groups in total. The van der Waals surface area contributed by atoms with Crippen LogP contribution in [0.15, 0.2) is 39.9 Å². The van der Waals surface area contributed by atoms with Crippen LogP contribution >= 0.6 is 0 Å². The van der Waals surface area contributed by atoms with Crippen LogP contribution in [0, 0.1) is 13.8 Å². The molecule has 0 radical (unpaired) electrons. The lowest BCUT2D eigenvalue weighted by Gasteiger charge is -2.16. The fourth-order valence-electron chi connectivity index (χ4n) is 2.96. The second kappa shape index (κ2) is 6.49. The number of rotatable bonds is 5. The molecule has 0 unspecified atom stereocenters. The van der Waals surface area contributed by atoms with Crippen LogP contribution in [-0.4, -0.2) is 33.0 Å². The molecule has 1 aromatic carbocycles. The first kappa shape index (κ1) is 16.3. The molecular formula is C18H22N4O2. The summed E-state index contributed by atoms with van der Waals surface area (Å²) in [5, 5.41) is 1.23. The molecule has 0 saturated heterocycles. The molecule has 24 heavy (non-hydrogen) atoms. The van der Waals surface area contributed by atoms with Crippen LogP contribution in [0.25, 0.3) is 10.9 Å². The first-order valence-electron chi connectivity index (χ1n) is 8.01. The maximum atomic E-state index is 11.9. The minimum Gasteiger partial charge on any atom is -0.357 e. The number of aromatic amines is 2. The van der Waals surface area contributed by atoms with Gasteiger partial charge in [-0.15, -0.1) is 0 Å². The number of H-pyrrole nitrogens is 2. The Labute approximate surface area is 139 Å². The van der Waals surface area contributed by atoms with Crippen molar-refractivity contribution in [1.29, 1.82) is 0 Å². The summed E-state index contributed by atoms with van der Waals surface area (Å²) < 4.78 is 1.24. The first-order chi connectivity index (χ1) is 11.5. The molecular weight excluding hydrogens is 304 g/mol. The van der Waals surface area contributed by atoms with Gasteiger partial charge in [0.2, 0.25) is 0 Å². The van der Waals surface area contributed by atoms with Gasteiger partial charge in [-0.3, -0.25) is 14.3 Å². The summed E-state index contributed by atoms with van der Waals surface area (Å²) in [6, 6.07) is 9.67. The maximum Gasteiger partial charge on any atom is 0.328 e. The number of likely N-dealkylation sites (N-methyl/N-ethyl adjacent to an activating group) is 1. The molecule has 6 heteroatoms. The molecule has 2 heterocycles. The quantitative estimate of drug-likeness (QED) is 0.750. The molecule has 0 fully saturated rings. The molecule has 0 bridgehead atoms. The summed E-state index contributed by atoms with van der Waals surface area (Å²) in [5.74, 6) is 0. The fourth-order valence-corrected chi connectivity index (χ4v) is 2.96. The summed E-state index contributed by atoms with van der Waals surface area (Å²) in [4.78, 5) is 32.0. The predicted octanol–water partition coefficient (Wildman–Crippen LogP) is 1.77. The number of fused-ring (bicyclic) bond motifs is 1. The van der Waals surface area contributed by atoms with Gasteiger partial charge in [0.1, 0.15) is 0 Å². The highest BCUT2D eigenvalue weighted by atomic mass is 16.2. The zero-order valence-electron chi connectivity index (χ0n) is 14.2. The highest BCUT2D eigenvalue weighted by molar-refractivity contribution is 5.84. The van der Waals surface area contributed by atoms with Crippen LogP contribution in [0.5, 0.6) is 0 Å². The summed E-state index contributed by atoms with van der Waals surface area (Å²) >= 11 is 0. The molecule has 0 saturated carbocycles. The molecule has 0 spiro atoms. The van der Waals surface area contributed by atoms with E-state index in [0.717, 1.165) is 17.8 Å². The van der Waals surface area contributed by atoms with E-state index in [1.807, 2.05) is 19.2 Å². The van der Waals surface area contributed by atoms with E-state index in [2.05, 4.69) is 33.9 Å². The molecule has 0 amide bonds. The minimum absolute atomic E-state index is 0.258. The Balaban J connectivity index is 1.72. The second-order valence-corrected chi connectivity index (χ2v) is 6.26. The van der Waals surface area contributed by atoms with Gasteiger partial charge in [0.25, 0.3) is 5.56 Å². The lowest BCUT2D eigenvalue weighted by atomic mass is 10.1. The van der Waals surface area contributed by atoms with Gasteiger partial charge in [0, 0.05) is 48.0 Å². The van der Waals surface area contributed by atoms with Gasteiger partial charge in [0.05, 0.1) is 0 Å². The summed E-state index contributed by atoms with van der Waals surface area (Å²) in [6.07, 6.45) is 0. The Bertz CT molecular complexity index is 949. The van der Waals surface area contributed by atoms with Crippen molar-refractivity contribution in [1.82, 2.24) is 19.4 Å². The van der Waals surface area contributed by atoms with Crippen molar-refractivity contribution in [2.45, 2.75) is 26.9 Å². The Kier molecular flexibility index (Phi) is 4.40. The number of aromatic nitrogens is 3. The van der Waals surface area contributed by atoms with E-state index < -0.39 is 0 Å². The van der Waals surface area contributed by atoms with Crippen LogP contribution in [-0.2, 0) is 13.1 Å². The zero-order valence-corrected chi connectivity index (χ0v) is 14.2. The topological polar surface area (TPSA) is 73.9 Å². The maximum absolute atomic E-state index is 11.9. The number of para-hydroxylation sites is 1. The summed E-state index contributed by atoms with van der Waals surface area (Å²) in [7, 11) is 1.98. The number of nitrogens with one attached hydrogen (secondary N) is 2. The third-order valence-corrected chi connectivity index (χ3v) is 4.36. The number of nitrogens with zero attached hydrogens (tertiary/aromatic N) is 2. The van der Waals surface area contributed by atoms with Crippen LogP contribution < -0.4 is 11.2 Å². The Morgan fingerprint density at radius 2 is 1.88 bits per heavy atom. The Hall–Kier alpha value is -2.60. The molecule has 126 valence electrons. The van der Waals surface area contributed by atoms with Crippen LogP contribution in [0.4, 0.5) is 0 Å². The molecule has 0 atom stereocenters. The van der Waals surface area contributed by atoms with Crippen molar-refractivity contribution < 1.29 is 0 Å². The van der Waals surface area contributed by atoms with E-state index in [0.29, 0.717) is 18.8 Å². The lowest BCUT2D eigenvalue weighted by molar-refractivity contribution is 0.304. The van der Waals surface area contributed by atoms with Gasteiger partial charge in [-0.05, 0) is 32.5 Å². The Morgan fingerprint density at radius 3 is 2.58 bits per heavy atom. The zero-order chi connectivity index (χ0) is 17.3. The first-order valence-corrected chi connectivity index (χ1v) is 8.01. The molecule has 3 aromatic rings. The summed E-state index contributed by atoms with van der Waals surface area (Å²) in [6.45, 7) is 5.53. The van der Waals surface area contributed by atoms with Crippen molar-refractivity contribution in [2.24, 2.45) is 0 Å². The van der Waals surface area contributed by atoms with Crippen molar-refractivity contribution in [3.8, 4) is 0 Å². The van der Waals surface area contributed by atoms with Crippen LogP contribution in [0.1, 0.15) is 17.0 Å². The third kappa shape index (κ3) is 3.19. The van der Waals surface area contributed by atoms with Crippen LogP contribution in [0.2, 0.25) is 0 Å². The second-order valence-electron chi connectivity index (χ2n) is 6.26. The van der Waals surface area contributed by atoms with E-state index in [9.17, 15) is 9.59 Å². The average Bonchev–Trinajstić information content (AvgIpc) is 2.83. The monoisotopic (exact) mass is 326 g/mol. The van der Waals surface area contributed by atoms with E-state index in [1.54, 1.807) is 6.92 Å². The van der Waals surface area contributed by atoms with Crippen molar-refractivity contribution in [3.63, 3.8) is 0 Å². The molecule has 3 rings (SSSR count). The highest BCUT2D eigenvalue weighted by Gasteiger charge is 2.10. The van der Waals surface area contributed by atoms with Crippen molar-refractivity contribution in [3.05, 3.63) is 68.1 Å². The third-order valence-electron chi connectivity index (χ3n) is 4.36. The standard InChI is InChI=1S/C18H22N4O2/c1-12-10-17(23)22(18(24)19-12)9-8-21(3)11-16-13(2)14-6-4-5-7-15(14)20-16/h4-7,10,20H,8-9,11H2,1-3H3,(H,19,24). The molecule has 0 aliphatic heterocycles. The molecule has 0 aliphatic carbocycles. The van der Waals surface area contributed by atoms with Gasteiger partial charge in [-0.2, -0.15) is 0 Å². The van der Waals surface area contributed by atoms with E-state index in [4.69, 9.17) is 0 Å². The van der Waals surface area contributed by atoms with E-state index in [1.165, 1.54) is 21.6 Å². The number of benzene rings is 1. The number of hydrogen-bond acceptors (Lipinski definition) is 3. The van der Waals surface area contributed by atoms with Gasteiger partial charge >= 0.3 is 5.69 Å². The van der Waals surface area contributed by atoms with Gasteiger partial charge in [-0.25, -0.2) is 4.79 Å². The minimum atomic E-state index is -0.352. The van der Waals surface area contributed by atoms with Gasteiger partial charge < -0.3 is 9.97 Å². The van der Waals surface area contributed by atoms with Gasteiger partial charge in [-0.1, -0.05) is 18.2 Å². The molecule has 6 nitrogen and oxygen atoms in total. The number of hydrogen-bond donors (Lipinski definition) is 2. The number of aryl methyl sites for hydroxylation is 2.